The molecule has 4 aromatic rings. The Balaban J connectivity index is 0.000000487. The van der Waals surface area contributed by atoms with Gasteiger partial charge in [-0.05, 0) is 36.8 Å². The van der Waals surface area contributed by atoms with Crippen molar-refractivity contribution in [3.8, 4) is 0 Å². The molecule has 0 amide bonds. The van der Waals surface area contributed by atoms with Gasteiger partial charge in [-0.3, -0.25) is 9.97 Å². The Bertz CT molecular complexity index is 871. The van der Waals surface area contributed by atoms with Crippen molar-refractivity contribution in [2.24, 2.45) is 0 Å². The smallest absolute Gasteiger partial charge is 0.0971 e. The van der Waals surface area contributed by atoms with Gasteiger partial charge in [0, 0.05) is 23.2 Å². The minimum atomic E-state index is 0.990. The highest BCUT2D eigenvalue weighted by molar-refractivity contribution is 6.23. The highest BCUT2D eigenvalue weighted by Gasteiger charge is 2.10. The van der Waals surface area contributed by atoms with E-state index in [1.54, 1.807) is 12.4 Å². The summed E-state index contributed by atoms with van der Waals surface area (Å²) in [6.45, 7) is 12.2. The first-order valence-corrected chi connectivity index (χ1v) is 8.77. The summed E-state index contributed by atoms with van der Waals surface area (Å²) in [5.41, 5.74) is 4.47. The van der Waals surface area contributed by atoms with Gasteiger partial charge < -0.3 is 0 Å². The summed E-state index contributed by atoms with van der Waals surface area (Å²) >= 11 is 0. The summed E-state index contributed by atoms with van der Waals surface area (Å²) in [7, 11) is 0. The van der Waals surface area contributed by atoms with Gasteiger partial charge in [-0.1, -0.05) is 63.1 Å². The molecule has 0 atom stereocenters. The second kappa shape index (κ2) is 7.87. The third-order valence-electron chi connectivity index (χ3n) is 3.85. The molecule has 2 heteroatoms. The number of aryl methyl sites for hydroxylation is 2. The molecule has 4 rings (SSSR count). The van der Waals surface area contributed by atoms with Gasteiger partial charge in [0.25, 0.3) is 0 Å². The van der Waals surface area contributed by atoms with Crippen LogP contribution in [0.3, 0.4) is 0 Å². The molecule has 2 nitrogen and oxygen atoms in total. The van der Waals surface area contributed by atoms with Crippen LogP contribution < -0.4 is 0 Å². The van der Waals surface area contributed by atoms with E-state index in [1.807, 2.05) is 27.7 Å². The van der Waals surface area contributed by atoms with E-state index in [2.05, 4.69) is 60.2 Å². The summed E-state index contributed by atoms with van der Waals surface area (Å²) in [6.07, 6.45) is 3.54. The number of nitrogens with zero attached hydrogens (tertiary/aromatic N) is 2. The van der Waals surface area contributed by atoms with E-state index in [4.69, 9.17) is 0 Å². The van der Waals surface area contributed by atoms with E-state index in [1.165, 1.54) is 32.7 Å². The Morgan fingerprint density at radius 3 is 1.29 bits per heavy atom. The van der Waals surface area contributed by atoms with Crippen LogP contribution in [0.2, 0.25) is 0 Å². The van der Waals surface area contributed by atoms with Crippen molar-refractivity contribution >= 4 is 32.6 Å². The summed E-state index contributed by atoms with van der Waals surface area (Å²) in [6, 6.07) is 13.1. The van der Waals surface area contributed by atoms with E-state index in [0.29, 0.717) is 0 Å². The molecule has 124 valence electrons. The zero-order valence-corrected chi connectivity index (χ0v) is 15.5. The van der Waals surface area contributed by atoms with Crippen LogP contribution in [-0.2, 0) is 0 Å². The van der Waals surface area contributed by atoms with Gasteiger partial charge in [0.15, 0.2) is 0 Å². The second-order valence-electron chi connectivity index (χ2n) is 5.35. The number of aromatic nitrogens is 2. The Morgan fingerprint density at radius 2 is 0.917 bits per heavy atom. The van der Waals surface area contributed by atoms with Crippen LogP contribution in [0, 0.1) is 13.8 Å². The summed E-state index contributed by atoms with van der Waals surface area (Å²) < 4.78 is 0. The maximum Gasteiger partial charge on any atom is 0.0971 e. The lowest BCUT2D eigenvalue weighted by atomic mass is 9.97. The minimum Gasteiger partial charge on any atom is -0.252 e. The van der Waals surface area contributed by atoms with Crippen molar-refractivity contribution in [2.45, 2.75) is 41.5 Å². The van der Waals surface area contributed by atoms with E-state index >= 15 is 0 Å². The Morgan fingerprint density at radius 1 is 0.542 bits per heavy atom. The van der Waals surface area contributed by atoms with Crippen molar-refractivity contribution in [1.82, 2.24) is 9.97 Å². The van der Waals surface area contributed by atoms with Crippen LogP contribution in [0.5, 0.6) is 0 Å². The van der Waals surface area contributed by atoms with Gasteiger partial charge in [0.2, 0.25) is 0 Å². The number of rotatable bonds is 0. The fourth-order valence-corrected chi connectivity index (χ4v) is 2.91. The predicted octanol–water partition coefficient (Wildman–Crippen LogP) is 6.61. The van der Waals surface area contributed by atoms with E-state index in [-0.39, 0.29) is 0 Å². The first kappa shape index (κ1) is 17.9. The van der Waals surface area contributed by atoms with Crippen LogP contribution in [-0.4, -0.2) is 9.97 Å². The fraction of sp³-hybridized carbons (Fsp3) is 0.273. The Hall–Kier alpha value is -2.48. The standard InChI is InChI=1S/C18H14N2.2C2H6/c1-11-3-5-13-14-6-4-12(2)10-16(14)18-17(15(13)9-11)19-7-8-20-18;2*1-2/h3-10H,1-2H3;2*1-2H3. The van der Waals surface area contributed by atoms with Crippen molar-refractivity contribution < 1.29 is 0 Å². The second-order valence-corrected chi connectivity index (χ2v) is 5.35. The van der Waals surface area contributed by atoms with Gasteiger partial charge in [-0.2, -0.15) is 0 Å². The zero-order chi connectivity index (χ0) is 17.7. The molecule has 1 heterocycles. The first-order valence-electron chi connectivity index (χ1n) is 8.77. The van der Waals surface area contributed by atoms with Crippen LogP contribution in [0.4, 0.5) is 0 Å². The van der Waals surface area contributed by atoms with Crippen LogP contribution >= 0.6 is 0 Å². The van der Waals surface area contributed by atoms with E-state index in [0.717, 1.165) is 11.0 Å². The molecule has 0 aliphatic rings. The largest absolute Gasteiger partial charge is 0.252 e. The molecule has 24 heavy (non-hydrogen) atoms. The molecule has 3 aromatic carbocycles. The van der Waals surface area contributed by atoms with Crippen molar-refractivity contribution in [3.05, 3.63) is 59.9 Å². The van der Waals surface area contributed by atoms with E-state index < -0.39 is 0 Å². The molecule has 1 aromatic heterocycles. The molecule has 0 unspecified atom stereocenters. The molecule has 0 aliphatic heterocycles. The number of benzene rings is 3. The van der Waals surface area contributed by atoms with Crippen molar-refractivity contribution in [1.29, 1.82) is 0 Å². The summed E-state index contributed by atoms with van der Waals surface area (Å²) in [5, 5.41) is 4.87. The maximum absolute atomic E-state index is 4.57. The molecule has 0 saturated heterocycles. The SMILES string of the molecule is CC.CC.Cc1ccc2c3ccc(C)cc3c3nccnc3c2c1. The lowest BCUT2D eigenvalue weighted by molar-refractivity contribution is 1.31. The molecular formula is C22H26N2. The van der Waals surface area contributed by atoms with E-state index in [9.17, 15) is 0 Å². The highest BCUT2D eigenvalue weighted by Crippen LogP contribution is 2.33. The minimum absolute atomic E-state index is 0.990. The quantitative estimate of drug-likeness (QED) is 0.341. The normalized spacial score (nSPS) is 10.1. The molecule has 0 bridgehead atoms. The Labute approximate surface area is 144 Å². The fourth-order valence-electron chi connectivity index (χ4n) is 2.91. The van der Waals surface area contributed by atoms with Gasteiger partial charge in [0.1, 0.15) is 0 Å². The highest BCUT2D eigenvalue weighted by atomic mass is 14.8. The first-order chi connectivity index (χ1) is 11.7. The third-order valence-corrected chi connectivity index (χ3v) is 3.85. The van der Waals surface area contributed by atoms with Crippen LogP contribution in [0.1, 0.15) is 38.8 Å². The van der Waals surface area contributed by atoms with Crippen LogP contribution in [0.15, 0.2) is 48.8 Å². The molecule has 0 N–H and O–H groups in total. The molecule has 0 fully saturated rings. The van der Waals surface area contributed by atoms with Crippen LogP contribution in [0.25, 0.3) is 32.6 Å². The molecule has 0 aliphatic carbocycles. The van der Waals surface area contributed by atoms with Crippen molar-refractivity contribution in [3.63, 3.8) is 0 Å². The predicted molar refractivity (Wildman–Crippen MR) is 107 cm³/mol. The topological polar surface area (TPSA) is 25.8 Å². The molecule has 0 radical (unpaired) electrons. The molecule has 0 spiro atoms. The lowest BCUT2D eigenvalue weighted by Crippen LogP contribution is -1.89. The summed E-state index contributed by atoms with van der Waals surface area (Å²) in [4.78, 5) is 9.14. The molecule has 0 saturated carbocycles. The van der Waals surface area contributed by atoms with Gasteiger partial charge in [-0.15, -0.1) is 0 Å². The van der Waals surface area contributed by atoms with Gasteiger partial charge in [-0.25, -0.2) is 0 Å². The average molecular weight is 318 g/mol. The van der Waals surface area contributed by atoms with Crippen molar-refractivity contribution in [2.75, 3.05) is 0 Å². The number of hydrogen-bond donors (Lipinski definition) is 0. The monoisotopic (exact) mass is 318 g/mol. The average Bonchev–Trinajstić information content (AvgIpc) is 2.65. The Kier molecular flexibility index (Phi) is 5.86. The summed E-state index contributed by atoms with van der Waals surface area (Å²) in [5.74, 6) is 0. The maximum atomic E-state index is 4.57. The number of fused-ring (bicyclic) bond motifs is 6. The lowest BCUT2D eigenvalue weighted by Gasteiger charge is -2.10. The third kappa shape index (κ3) is 3.09. The van der Waals surface area contributed by atoms with Gasteiger partial charge >= 0.3 is 0 Å². The zero-order valence-electron chi connectivity index (χ0n) is 15.5. The molecular weight excluding hydrogens is 292 g/mol. The van der Waals surface area contributed by atoms with Gasteiger partial charge in [0.05, 0.1) is 11.0 Å². The number of hydrogen-bond acceptors (Lipinski definition) is 2.